The fourth-order valence-electron chi connectivity index (χ4n) is 0.896. The Hall–Kier alpha value is -1.28. The number of alkyl halides is 3. The summed E-state index contributed by atoms with van der Waals surface area (Å²) in [5.74, 6) is 0. The molecule has 0 bridgehead atoms. The van der Waals surface area contributed by atoms with Crippen LogP contribution in [-0.4, -0.2) is 13.9 Å². The molecule has 0 unspecified atom stereocenters. The maximum absolute atomic E-state index is 11.9. The second-order valence-electron chi connectivity index (χ2n) is 3.01. The van der Waals surface area contributed by atoms with Gasteiger partial charge in [0.2, 0.25) is 0 Å². The molecule has 0 fully saturated rings. The fourth-order valence-corrected chi connectivity index (χ4v) is 1.42. The van der Waals surface area contributed by atoms with E-state index in [0.717, 1.165) is 0 Å². The summed E-state index contributed by atoms with van der Waals surface area (Å²) in [7, 11) is -5.29. The molecule has 0 spiro atoms. The fraction of sp³-hybridized carbons (Fsp3) is 0.250. The zero-order valence-corrected chi connectivity index (χ0v) is 8.77. The van der Waals surface area contributed by atoms with E-state index < -0.39 is 22.1 Å². The van der Waals surface area contributed by atoms with Gasteiger partial charge in [0.1, 0.15) is 0 Å². The lowest BCUT2D eigenvalue weighted by molar-refractivity contribution is -0.0448. The maximum atomic E-state index is 11.9. The molecule has 0 saturated heterocycles. The van der Waals surface area contributed by atoms with Crippen LogP contribution in [0.4, 0.5) is 18.9 Å². The van der Waals surface area contributed by atoms with Crippen LogP contribution in [0.15, 0.2) is 24.3 Å². The molecule has 1 aromatic rings. The molecular formula is C8H9F3N2O2S. The number of hydrogen-bond donors (Lipinski definition) is 2. The summed E-state index contributed by atoms with van der Waals surface area (Å²) in [6.07, 6.45) is 0. The molecule has 1 aromatic carbocycles. The lowest BCUT2D eigenvalue weighted by Gasteiger charge is -2.09. The van der Waals surface area contributed by atoms with Crippen molar-refractivity contribution in [3.8, 4) is 0 Å². The first-order valence-corrected chi connectivity index (χ1v) is 5.61. The van der Waals surface area contributed by atoms with Gasteiger partial charge in [-0.3, -0.25) is 0 Å². The third-order valence-corrected chi connectivity index (χ3v) is 2.88. The van der Waals surface area contributed by atoms with E-state index in [9.17, 15) is 21.6 Å². The molecule has 90 valence electrons. The molecule has 0 aromatic heterocycles. The van der Waals surface area contributed by atoms with Crippen LogP contribution in [0, 0.1) is 0 Å². The van der Waals surface area contributed by atoms with E-state index >= 15 is 0 Å². The number of nitrogens with two attached hydrogens (primary N) is 1. The molecule has 0 aliphatic heterocycles. The summed E-state index contributed by atoms with van der Waals surface area (Å²) >= 11 is 0. The minimum atomic E-state index is -5.29. The van der Waals surface area contributed by atoms with Crippen molar-refractivity contribution in [2.24, 2.45) is 0 Å². The average molecular weight is 254 g/mol. The molecule has 4 nitrogen and oxygen atoms in total. The second kappa shape index (κ2) is 4.30. The summed E-state index contributed by atoms with van der Waals surface area (Å²) < 4.78 is 58.5. The van der Waals surface area contributed by atoms with Crippen molar-refractivity contribution in [1.82, 2.24) is 4.72 Å². The Balaban J connectivity index is 2.69. The van der Waals surface area contributed by atoms with Crippen LogP contribution in [0.25, 0.3) is 0 Å². The second-order valence-corrected chi connectivity index (χ2v) is 4.77. The first-order chi connectivity index (χ1) is 7.22. The molecule has 0 aliphatic carbocycles. The van der Waals surface area contributed by atoms with Crippen molar-refractivity contribution in [2.45, 2.75) is 12.1 Å². The van der Waals surface area contributed by atoms with Crippen LogP contribution in [0.2, 0.25) is 0 Å². The highest BCUT2D eigenvalue weighted by Crippen LogP contribution is 2.21. The number of nitrogen functional groups attached to an aromatic ring is 1. The van der Waals surface area contributed by atoms with Gasteiger partial charge in [-0.15, -0.1) is 0 Å². The molecule has 0 radical (unpaired) electrons. The number of hydrogen-bond acceptors (Lipinski definition) is 3. The lowest BCUT2D eigenvalue weighted by Crippen LogP contribution is -2.35. The monoisotopic (exact) mass is 254 g/mol. The molecule has 0 heterocycles. The summed E-state index contributed by atoms with van der Waals surface area (Å²) in [6, 6.07) is 5.82. The number of sulfonamides is 1. The van der Waals surface area contributed by atoms with Crippen molar-refractivity contribution in [1.29, 1.82) is 0 Å². The Kier molecular flexibility index (Phi) is 3.44. The summed E-state index contributed by atoms with van der Waals surface area (Å²) in [5, 5.41) is 0. The molecule has 0 saturated carbocycles. The van der Waals surface area contributed by atoms with Gasteiger partial charge in [0.25, 0.3) is 0 Å². The number of rotatable bonds is 3. The zero-order valence-electron chi connectivity index (χ0n) is 7.95. The van der Waals surface area contributed by atoms with Crippen molar-refractivity contribution in [3.63, 3.8) is 0 Å². The topological polar surface area (TPSA) is 72.2 Å². The van der Waals surface area contributed by atoms with Gasteiger partial charge in [0.05, 0.1) is 0 Å². The molecule has 3 N–H and O–H groups in total. The molecular weight excluding hydrogens is 245 g/mol. The highest BCUT2D eigenvalue weighted by atomic mass is 32.2. The van der Waals surface area contributed by atoms with Crippen LogP contribution in [0.5, 0.6) is 0 Å². The normalized spacial score (nSPS) is 12.7. The van der Waals surface area contributed by atoms with Crippen LogP contribution >= 0.6 is 0 Å². The van der Waals surface area contributed by atoms with Crippen LogP contribution < -0.4 is 10.5 Å². The van der Waals surface area contributed by atoms with E-state index in [4.69, 9.17) is 5.73 Å². The standard InChI is InChI=1S/C8H9F3N2O2S/c9-8(10,11)16(14,15)13-5-6-1-3-7(12)4-2-6/h1-4,13H,5,12H2. The zero-order chi connectivity index (χ0) is 12.4. The van der Waals surface area contributed by atoms with Crippen LogP contribution in [0.3, 0.4) is 0 Å². The number of halogens is 3. The van der Waals surface area contributed by atoms with Crippen molar-refractivity contribution in [3.05, 3.63) is 29.8 Å². The predicted octanol–water partition coefficient (Wildman–Crippen LogP) is 1.21. The Morgan fingerprint density at radius 1 is 1.19 bits per heavy atom. The van der Waals surface area contributed by atoms with Crippen molar-refractivity contribution in [2.75, 3.05) is 5.73 Å². The lowest BCUT2D eigenvalue weighted by atomic mass is 10.2. The molecule has 0 aliphatic rings. The predicted molar refractivity (Wildman–Crippen MR) is 52.7 cm³/mol. The van der Waals surface area contributed by atoms with Gasteiger partial charge >= 0.3 is 15.5 Å². The summed E-state index contributed by atoms with van der Waals surface area (Å²) in [5.41, 5.74) is 0.906. The Labute approximate surface area is 90.3 Å². The largest absolute Gasteiger partial charge is 0.511 e. The van der Waals surface area contributed by atoms with E-state index in [1.807, 2.05) is 0 Å². The molecule has 0 atom stereocenters. The van der Waals surface area contributed by atoms with Gasteiger partial charge in [0.15, 0.2) is 0 Å². The first kappa shape index (κ1) is 12.8. The third kappa shape index (κ3) is 3.11. The van der Waals surface area contributed by atoms with E-state index in [-0.39, 0.29) is 0 Å². The van der Waals surface area contributed by atoms with E-state index in [0.29, 0.717) is 11.3 Å². The van der Waals surface area contributed by atoms with E-state index in [1.165, 1.54) is 29.0 Å². The molecule has 0 amide bonds. The van der Waals surface area contributed by atoms with Crippen LogP contribution in [-0.2, 0) is 16.6 Å². The maximum Gasteiger partial charge on any atom is 0.511 e. The van der Waals surface area contributed by atoms with Crippen molar-refractivity contribution >= 4 is 15.7 Å². The first-order valence-electron chi connectivity index (χ1n) is 4.13. The van der Waals surface area contributed by atoms with Gasteiger partial charge in [-0.1, -0.05) is 12.1 Å². The molecule has 8 heteroatoms. The van der Waals surface area contributed by atoms with E-state index in [1.54, 1.807) is 0 Å². The SMILES string of the molecule is Nc1ccc(CNS(=O)(=O)C(F)(F)F)cc1. The number of nitrogens with one attached hydrogen (secondary N) is 1. The quantitative estimate of drug-likeness (QED) is 0.796. The highest BCUT2D eigenvalue weighted by Gasteiger charge is 2.45. The smallest absolute Gasteiger partial charge is 0.399 e. The van der Waals surface area contributed by atoms with Crippen molar-refractivity contribution < 1.29 is 21.6 Å². The minimum Gasteiger partial charge on any atom is -0.399 e. The Morgan fingerprint density at radius 2 is 1.69 bits per heavy atom. The van der Waals surface area contributed by atoms with Gasteiger partial charge < -0.3 is 5.73 Å². The van der Waals surface area contributed by atoms with Gasteiger partial charge in [-0.2, -0.15) is 13.2 Å². The van der Waals surface area contributed by atoms with Gasteiger partial charge in [0, 0.05) is 12.2 Å². The summed E-state index contributed by atoms with van der Waals surface area (Å²) in [4.78, 5) is 0. The van der Waals surface area contributed by atoms with Gasteiger partial charge in [-0.05, 0) is 17.7 Å². The molecule has 1 rings (SSSR count). The Bertz CT molecular complexity index is 453. The minimum absolute atomic E-state index is 0.391. The average Bonchev–Trinajstić information content (AvgIpc) is 2.15. The van der Waals surface area contributed by atoms with Crippen LogP contribution in [0.1, 0.15) is 5.56 Å². The summed E-state index contributed by atoms with van der Waals surface area (Å²) in [6.45, 7) is -0.428. The van der Waals surface area contributed by atoms with E-state index in [2.05, 4.69) is 0 Å². The third-order valence-electron chi connectivity index (χ3n) is 1.75. The van der Waals surface area contributed by atoms with Gasteiger partial charge in [-0.25, -0.2) is 13.1 Å². The Morgan fingerprint density at radius 3 is 2.12 bits per heavy atom. The molecule has 16 heavy (non-hydrogen) atoms. The number of benzene rings is 1. The highest BCUT2D eigenvalue weighted by molar-refractivity contribution is 7.90. The number of anilines is 1.